The molecule has 0 fully saturated rings. The van der Waals surface area contributed by atoms with Crippen molar-refractivity contribution in [2.24, 2.45) is 0 Å². The van der Waals surface area contributed by atoms with Crippen LogP contribution in [0.3, 0.4) is 0 Å². The van der Waals surface area contributed by atoms with Crippen LogP contribution < -0.4 is 14.8 Å². The molecule has 4 aromatic rings. The summed E-state index contributed by atoms with van der Waals surface area (Å²) in [5.41, 5.74) is 3.05. The second kappa shape index (κ2) is 12.9. The maximum absolute atomic E-state index is 6.06. The first-order valence-electron chi connectivity index (χ1n) is 11.0. The largest absolute Gasteiger partial charge is 0.493 e. The van der Waals surface area contributed by atoms with E-state index in [0.29, 0.717) is 29.7 Å². The maximum Gasteiger partial charge on any atom is 0.214 e. The number of benzene rings is 3. The van der Waals surface area contributed by atoms with Gasteiger partial charge in [0, 0.05) is 21.8 Å². The van der Waals surface area contributed by atoms with Gasteiger partial charge in [-0.05, 0) is 70.9 Å². The van der Waals surface area contributed by atoms with Crippen molar-refractivity contribution in [2.45, 2.75) is 24.7 Å². The van der Waals surface area contributed by atoms with Crippen LogP contribution in [0, 0.1) is 0 Å². The summed E-state index contributed by atoms with van der Waals surface area (Å²) in [5.74, 6) is 2.27. The summed E-state index contributed by atoms with van der Waals surface area (Å²) in [6.45, 7) is 1.98. The van der Waals surface area contributed by atoms with Gasteiger partial charge in [0.05, 0.1) is 12.8 Å². The van der Waals surface area contributed by atoms with Crippen LogP contribution in [0.5, 0.6) is 11.5 Å². The van der Waals surface area contributed by atoms with Crippen LogP contribution in [-0.2, 0) is 13.2 Å². The molecule has 7 nitrogen and oxygen atoms in total. The Hall–Kier alpha value is -2.59. The Morgan fingerprint density at radius 3 is 2.71 bits per heavy atom. The van der Waals surface area contributed by atoms with E-state index in [9.17, 15) is 0 Å². The van der Waals surface area contributed by atoms with Crippen molar-refractivity contribution in [3.8, 4) is 17.2 Å². The number of rotatable bonds is 12. The van der Waals surface area contributed by atoms with Crippen molar-refractivity contribution in [3.63, 3.8) is 0 Å². The minimum Gasteiger partial charge on any atom is -0.493 e. The molecule has 0 saturated heterocycles. The van der Waals surface area contributed by atoms with Gasteiger partial charge in [0.25, 0.3) is 0 Å². The number of para-hydroxylation sites is 1. The molecule has 0 amide bonds. The maximum atomic E-state index is 6.06. The van der Waals surface area contributed by atoms with E-state index in [1.165, 1.54) is 0 Å². The fourth-order valence-electron chi connectivity index (χ4n) is 3.36. The highest BCUT2D eigenvalue weighted by Crippen LogP contribution is 2.34. The van der Waals surface area contributed by atoms with Crippen LogP contribution in [0.15, 0.2) is 76.4 Å². The topological polar surface area (TPSA) is 74.1 Å². The molecule has 0 unspecified atom stereocenters. The van der Waals surface area contributed by atoms with Crippen LogP contribution >= 0.6 is 39.3 Å². The predicted molar refractivity (Wildman–Crippen MR) is 143 cm³/mol. The number of nitrogens with zero attached hydrogens (tertiary/aromatic N) is 4. The molecule has 4 rings (SSSR count). The summed E-state index contributed by atoms with van der Waals surface area (Å²) < 4.78 is 14.3. The quantitative estimate of drug-likeness (QED) is 0.166. The van der Waals surface area contributed by atoms with E-state index in [4.69, 9.17) is 21.1 Å². The summed E-state index contributed by atoms with van der Waals surface area (Å²) in [6, 6.07) is 21.5. The van der Waals surface area contributed by atoms with Crippen molar-refractivity contribution >= 4 is 39.3 Å². The number of aromatic nitrogens is 4. The SMILES string of the molecule is COc1cc(CNCCCSc2nnnn2-c2ccccc2)c(Br)cc1OCc1cccc(Cl)c1. The third-order valence-corrected chi connectivity index (χ3v) is 7.08. The number of hydrogen-bond acceptors (Lipinski definition) is 7. The van der Waals surface area contributed by atoms with Gasteiger partial charge < -0.3 is 14.8 Å². The Labute approximate surface area is 222 Å². The minimum absolute atomic E-state index is 0.409. The van der Waals surface area contributed by atoms with Gasteiger partial charge in [0.1, 0.15) is 6.61 Å². The zero-order valence-electron chi connectivity index (χ0n) is 19.2. The second-order valence-corrected chi connectivity index (χ2v) is 9.95. The summed E-state index contributed by atoms with van der Waals surface area (Å²) in [5, 5.41) is 17.0. The van der Waals surface area contributed by atoms with Gasteiger partial charge in [-0.3, -0.25) is 0 Å². The van der Waals surface area contributed by atoms with E-state index in [1.54, 1.807) is 23.6 Å². The Bertz CT molecular complexity index is 1240. The van der Waals surface area contributed by atoms with Gasteiger partial charge in [-0.2, -0.15) is 4.68 Å². The Balaban J connectivity index is 1.24. The lowest BCUT2D eigenvalue weighted by atomic mass is 10.2. The smallest absolute Gasteiger partial charge is 0.214 e. The number of tetrazole rings is 1. The highest BCUT2D eigenvalue weighted by atomic mass is 79.9. The standard InChI is InChI=1S/C25H25BrClN5O2S/c1-33-23-14-19(22(26)15-24(23)34-17-18-7-5-8-20(27)13-18)16-28-11-6-12-35-25-29-30-31-32(25)21-9-3-2-4-10-21/h2-5,7-10,13-15,28H,6,11-12,16-17H2,1H3. The van der Waals surface area contributed by atoms with Gasteiger partial charge in [0.2, 0.25) is 5.16 Å². The summed E-state index contributed by atoms with van der Waals surface area (Å²) in [7, 11) is 1.65. The molecule has 182 valence electrons. The first kappa shape index (κ1) is 25.5. The molecule has 1 N–H and O–H groups in total. The Morgan fingerprint density at radius 2 is 1.91 bits per heavy atom. The molecule has 0 aliphatic rings. The lowest BCUT2D eigenvalue weighted by Crippen LogP contribution is -2.16. The third kappa shape index (κ3) is 7.20. The molecule has 0 saturated carbocycles. The molecule has 1 heterocycles. The number of ether oxygens (including phenoxy) is 2. The number of halogens is 2. The van der Waals surface area contributed by atoms with Gasteiger partial charge in [-0.25, -0.2) is 0 Å². The predicted octanol–water partition coefficient (Wildman–Crippen LogP) is 5.94. The van der Waals surface area contributed by atoms with Crippen molar-refractivity contribution in [2.75, 3.05) is 19.4 Å². The molecular formula is C25H25BrClN5O2S. The summed E-state index contributed by atoms with van der Waals surface area (Å²) in [4.78, 5) is 0. The number of methoxy groups -OCH3 is 1. The second-order valence-electron chi connectivity index (χ2n) is 7.60. The first-order valence-corrected chi connectivity index (χ1v) is 13.2. The van der Waals surface area contributed by atoms with E-state index >= 15 is 0 Å². The summed E-state index contributed by atoms with van der Waals surface area (Å²) in [6.07, 6.45) is 0.974. The van der Waals surface area contributed by atoms with Crippen LogP contribution in [0.2, 0.25) is 5.02 Å². The molecule has 35 heavy (non-hydrogen) atoms. The van der Waals surface area contributed by atoms with E-state index in [1.807, 2.05) is 66.7 Å². The minimum atomic E-state index is 0.409. The van der Waals surface area contributed by atoms with Crippen LogP contribution in [0.1, 0.15) is 17.5 Å². The lowest BCUT2D eigenvalue weighted by Gasteiger charge is -2.15. The van der Waals surface area contributed by atoms with Crippen molar-refractivity contribution in [1.29, 1.82) is 0 Å². The molecule has 0 radical (unpaired) electrons. The van der Waals surface area contributed by atoms with Crippen molar-refractivity contribution in [1.82, 2.24) is 25.5 Å². The number of nitrogens with one attached hydrogen (secondary N) is 1. The molecule has 1 aromatic heterocycles. The summed E-state index contributed by atoms with van der Waals surface area (Å²) >= 11 is 11.4. The molecule has 0 aliphatic carbocycles. The fraction of sp³-hybridized carbons (Fsp3) is 0.240. The average Bonchev–Trinajstić information content (AvgIpc) is 3.35. The molecule has 0 bridgehead atoms. The van der Waals surface area contributed by atoms with Crippen LogP contribution in [0.4, 0.5) is 0 Å². The molecule has 0 atom stereocenters. The van der Waals surface area contributed by atoms with E-state index in [-0.39, 0.29) is 0 Å². The highest BCUT2D eigenvalue weighted by Gasteiger charge is 2.11. The monoisotopic (exact) mass is 573 g/mol. The first-order chi connectivity index (χ1) is 17.1. The lowest BCUT2D eigenvalue weighted by molar-refractivity contribution is 0.284. The number of thioether (sulfide) groups is 1. The highest BCUT2D eigenvalue weighted by molar-refractivity contribution is 9.10. The van der Waals surface area contributed by atoms with E-state index < -0.39 is 0 Å². The van der Waals surface area contributed by atoms with E-state index in [2.05, 4.69) is 36.8 Å². The number of hydrogen-bond donors (Lipinski definition) is 1. The molecule has 10 heteroatoms. The van der Waals surface area contributed by atoms with Crippen LogP contribution in [0.25, 0.3) is 5.69 Å². The normalized spacial score (nSPS) is 10.9. The van der Waals surface area contributed by atoms with Crippen molar-refractivity contribution < 1.29 is 9.47 Å². The van der Waals surface area contributed by atoms with Gasteiger partial charge in [0.15, 0.2) is 11.5 Å². The molecule has 3 aromatic carbocycles. The van der Waals surface area contributed by atoms with E-state index in [0.717, 1.165) is 45.2 Å². The van der Waals surface area contributed by atoms with Gasteiger partial charge in [-0.1, -0.05) is 69.6 Å². The van der Waals surface area contributed by atoms with Gasteiger partial charge in [-0.15, -0.1) is 5.10 Å². The van der Waals surface area contributed by atoms with Crippen molar-refractivity contribution in [3.05, 3.63) is 87.4 Å². The zero-order chi connectivity index (χ0) is 24.5. The van der Waals surface area contributed by atoms with Gasteiger partial charge >= 0.3 is 0 Å². The van der Waals surface area contributed by atoms with Crippen LogP contribution in [-0.4, -0.2) is 39.6 Å². The molecular weight excluding hydrogens is 550 g/mol. The average molecular weight is 575 g/mol. The fourth-order valence-corrected chi connectivity index (χ4v) is 4.86. The molecule has 0 spiro atoms. The zero-order valence-corrected chi connectivity index (χ0v) is 22.3. The Kier molecular flexibility index (Phi) is 9.42. The molecule has 0 aliphatic heterocycles. The Morgan fingerprint density at radius 1 is 1.06 bits per heavy atom. The third-order valence-electron chi connectivity index (χ3n) is 5.10.